The Labute approximate surface area is 163 Å². The minimum Gasteiger partial charge on any atom is -0.488 e. The summed E-state index contributed by atoms with van der Waals surface area (Å²) in [6.45, 7) is 6.42. The monoisotopic (exact) mass is 382 g/mol. The third-order valence-corrected chi connectivity index (χ3v) is 5.10. The fourth-order valence-corrected chi connectivity index (χ4v) is 3.52. The fourth-order valence-electron chi connectivity index (χ4n) is 2.85. The van der Waals surface area contributed by atoms with Crippen molar-refractivity contribution in [2.24, 2.45) is 0 Å². The molecule has 0 aliphatic carbocycles. The lowest BCUT2D eigenvalue weighted by Gasteiger charge is -2.22. The maximum absolute atomic E-state index is 11.9. The zero-order valence-electron chi connectivity index (χ0n) is 15.4. The van der Waals surface area contributed by atoms with Gasteiger partial charge in [0, 0.05) is 30.4 Å². The lowest BCUT2D eigenvalue weighted by atomic mass is 10.1. The molecule has 1 fully saturated rings. The van der Waals surface area contributed by atoms with Gasteiger partial charge >= 0.3 is 0 Å². The maximum Gasteiger partial charge on any atom is 0.290 e. The van der Waals surface area contributed by atoms with Gasteiger partial charge in [-0.1, -0.05) is 30.3 Å². The van der Waals surface area contributed by atoms with Crippen LogP contribution in [0, 0.1) is 0 Å². The van der Waals surface area contributed by atoms with Gasteiger partial charge in [0.15, 0.2) is 0 Å². The summed E-state index contributed by atoms with van der Waals surface area (Å²) in [5.41, 5.74) is 2.89. The molecular formula is C21H22N2O3S. The summed E-state index contributed by atoms with van der Waals surface area (Å²) in [4.78, 5) is 25.9. The van der Waals surface area contributed by atoms with Gasteiger partial charge in [-0.25, -0.2) is 0 Å². The number of anilines is 1. The summed E-state index contributed by atoms with van der Waals surface area (Å²) in [6, 6.07) is 15.8. The third kappa shape index (κ3) is 4.71. The number of nitrogens with one attached hydrogen (secondary N) is 1. The fraction of sp³-hybridized carbons (Fsp3) is 0.238. The first-order valence-corrected chi connectivity index (χ1v) is 9.73. The largest absolute Gasteiger partial charge is 0.488 e. The molecule has 1 aliphatic rings. The van der Waals surface area contributed by atoms with Crippen LogP contribution in [-0.4, -0.2) is 24.2 Å². The maximum atomic E-state index is 11.9. The van der Waals surface area contributed by atoms with Crippen molar-refractivity contribution in [3.8, 4) is 5.75 Å². The van der Waals surface area contributed by atoms with E-state index in [1.54, 1.807) is 6.08 Å². The van der Waals surface area contributed by atoms with Crippen LogP contribution < -0.4 is 15.0 Å². The van der Waals surface area contributed by atoms with Crippen molar-refractivity contribution in [1.29, 1.82) is 0 Å². The molecule has 27 heavy (non-hydrogen) atoms. The first-order chi connectivity index (χ1) is 13.1. The Bertz CT molecular complexity index is 861. The van der Waals surface area contributed by atoms with Crippen LogP contribution in [0.2, 0.25) is 0 Å². The molecule has 3 rings (SSSR count). The van der Waals surface area contributed by atoms with E-state index in [2.05, 4.69) is 24.1 Å². The van der Waals surface area contributed by atoms with E-state index in [4.69, 9.17) is 4.74 Å². The average Bonchev–Trinajstić information content (AvgIpc) is 3.00. The zero-order valence-corrected chi connectivity index (χ0v) is 16.2. The molecule has 2 aromatic carbocycles. The Kier molecular flexibility index (Phi) is 6.19. The topological polar surface area (TPSA) is 58.6 Å². The van der Waals surface area contributed by atoms with Crippen molar-refractivity contribution in [2.75, 3.05) is 18.0 Å². The molecule has 1 aliphatic heterocycles. The molecule has 1 saturated heterocycles. The van der Waals surface area contributed by atoms with E-state index >= 15 is 0 Å². The van der Waals surface area contributed by atoms with Crippen molar-refractivity contribution in [3.05, 3.63) is 64.6 Å². The van der Waals surface area contributed by atoms with Gasteiger partial charge < -0.3 is 9.64 Å². The quantitative estimate of drug-likeness (QED) is 0.718. The summed E-state index contributed by atoms with van der Waals surface area (Å²) in [6.07, 6.45) is 1.71. The number of benzene rings is 2. The van der Waals surface area contributed by atoms with Gasteiger partial charge in [0.1, 0.15) is 12.4 Å². The number of thioether (sulfide) groups is 1. The number of hydrogen-bond donors (Lipinski definition) is 1. The normalized spacial score (nSPS) is 15.1. The van der Waals surface area contributed by atoms with Crippen molar-refractivity contribution >= 4 is 34.7 Å². The predicted octanol–water partition coefficient (Wildman–Crippen LogP) is 4.44. The average molecular weight is 382 g/mol. The van der Waals surface area contributed by atoms with Gasteiger partial charge in [0.2, 0.25) is 0 Å². The van der Waals surface area contributed by atoms with Gasteiger partial charge in [-0.2, -0.15) is 0 Å². The number of carbonyl (C=O) groups excluding carboxylic acids is 2. The Morgan fingerprint density at radius 1 is 1.07 bits per heavy atom. The molecule has 2 aromatic rings. The smallest absolute Gasteiger partial charge is 0.290 e. The molecule has 0 unspecified atom stereocenters. The van der Waals surface area contributed by atoms with Crippen LogP contribution in [0.5, 0.6) is 5.75 Å². The molecule has 6 heteroatoms. The van der Waals surface area contributed by atoms with Crippen molar-refractivity contribution in [2.45, 2.75) is 20.5 Å². The second-order valence-electron chi connectivity index (χ2n) is 6.02. The van der Waals surface area contributed by atoms with Crippen LogP contribution in [0.1, 0.15) is 25.0 Å². The number of hydrogen-bond acceptors (Lipinski definition) is 5. The first kappa shape index (κ1) is 19.0. The molecule has 0 aromatic heterocycles. The van der Waals surface area contributed by atoms with E-state index in [-0.39, 0.29) is 11.1 Å². The lowest BCUT2D eigenvalue weighted by molar-refractivity contribution is -0.115. The Hall–Kier alpha value is -2.73. The summed E-state index contributed by atoms with van der Waals surface area (Å²) >= 11 is 0.907. The minimum atomic E-state index is -0.369. The second kappa shape index (κ2) is 8.77. The Morgan fingerprint density at radius 3 is 2.44 bits per heavy atom. The van der Waals surface area contributed by atoms with Crippen molar-refractivity contribution in [1.82, 2.24) is 5.32 Å². The van der Waals surface area contributed by atoms with Crippen molar-refractivity contribution in [3.63, 3.8) is 0 Å². The highest BCUT2D eigenvalue weighted by Gasteiger charge is 2.25. The van der Waals surface area contributed by atoms with Crippen LogP contribution in [0.4, 0.5) is 10.5 Å². The zero-order chi connectivity index (χ0) is 19.2. The predicted molar refractivity (Wildman–Crippen MR) is 110 cm³/mol. The van der Waals surface area contributed by atoms with E-state index in [0.29, 0.717) is 17.3 Å². The first-order valence-electron chi connectivity index (χ1n) is 8.91. The van der Waals surface area contributed by atoms with Crippen LogP contribution in [0.3, 0.4) is 0 Å². The van der Waals surface area contributed by atoms with E-state index in [1.165, 1.54) is 0 Å². The third-order valence-electron chi connectivity index (χ3n) is 4.29. The van der Waals surface area contributed by atoms with Crippen LogP contribution in [0.25, 0.3) is 6.08 Å². The van der Waals surface area contributed by atoms with E-state index < -0.39 is 0 Å². The number of rotatable bonds is 7. The van der Waals surface area contributed by atoms with Crippen LogP contribution in [0.15, 0.2) is 53.4 Å². The molecule has 1 heterocycles. The highest BCUT2D eigenvalue weighted by molar-refractivity contribution is 8.18. The van der Waals surface area contributed by atoms with Gasteiger partial charge in [0.25, 0.3) is 11.1 Å². The molecule has 0 radical (unpaired) electrons. The molecule has 5 nitrogen and oxygen atoms in total. The standard InChI is InChI=1S/C21H22N2O3S/c1-3-23(4-2)17-11-10-16(12-19-20(24)22-21(25)27-19)18(13-17)26-14-15-8-6-5-7-9-15/h5-13H,3-4,14H2,1-2H3,(H,22,24,25)/b19-12-. The van der Waals surface area contributed by atoms with Crippen LogP contribution >= 0.6 is 11.8 Å². The number of ether oxygens (including phenoxy) is 1. The minimum absolute atomic E-state index is 0.349. The van der Waals surface area contributed by atoms with Crippen LogP contribution in [-0.2, 0) is 11.4 Å². The van der Waals surface area contributed by atoms with E-state index in [9.17, 15) is 9.59 Å². The number of nitrogens with zero attached hydrogens (tertiary/aromatic N) is 1. The number of amides is 2. The molecule has 0 saturated carbocycles. The number of imide groups is 1. The van der Waals surface area contributed by atoms with Gasteiger partial charge in [-0.15, -0.1) is 0 Å². The molecule has 0 bridgehead atoms. The van der Waals surface area contributed by atoms with Gasteiger partial charge in [0.05, 0.1) is 4.91 Å². The molecular weight excluding hydrogens is 360 g/mol. The molecule has 0 atom stereocenters. The SMILES string of the molecule is CCN(CC)c1ccc(/C=C2\SC(=O)NC2=O)c(OCc2ccccc2)c1. The lowest BCUT2D eigenvalue weighted by Crippen LogP contribution is -2.21. The summed E-state index contributed by atoms with van der Waals surface area (Å²) in [5, 5.41) is 1.93. The highest BCUT2D eigenvalue weighted by Crippen LogP contribution is 2.32. The Morgan fingerprint density at radius 2 is 1.81 bits per heavy atom. The van der Waals surface area contributed by atoms with Crippen molar-refractivity contribution < 1.29 is 14.3 Å². The second-order valence-corrected chi connectivity index (χ2v) is 7.04. The van der Waals surface area contributed by atoms with Gasteiger partial charge in [-0.3, -0.25) is 14.9 Å². The molecule has 0 spiro atoms. The summed E-state index contributed by atoms with van der Waals surface area (Å²) in [5.74, 6) is 0.315. The highest BCUT2D eigenvalue weighted by atomic mass is 32.2. The molecule has 140 valence electrons. The molecule has 2 amide bonds. The van der Waals surface area contributed by atoms with E-state index in [0.717, 1.165) is 41.7 Å². The Balaban J connectivity index is 1.92. The van der Waals surface area contributed by atoms with E-state index in [1.807, 2.05) is 48.5 Å². The summed E-state index contributed by atoms with van der Waals surface area (Å²) < 4.78 is 6.08. The molecule has 1 N–H and O–H groups in total. The number of carbonyl (C=O) groups is 2. The summed E-state index contributed by atoms with van der Waals surface area (Å²) in [7, 11) is 0. The van der Waals surface area contributed by atoms with Gasteiger partial charge in [-0.05, 0) is 49.4 Å².